The topological polar surface area (TPSA) is 125 Å². The van der Waals surface area contributed by atoms with Crippen LogP contribution >= 0.6 is 0 Å². The molecule has 9 nitrogen and oxygen atoms in total. The third kappa shape index (κ3) is 6.85. The van der Waals surface area contributed by atoms with Crippen molar-refractivity contribution in [3.8, 4) is 0 Å². The van der Waals surface area contributed by atoms with Crippen LogP contribution in [-0.2, 0) is 23.9 Å². The minimum atomic E-state index is -0.878. The van der Waals surface area contributed by atoms with Gasteiger partial charge in [0.2, 0.25) is 0 Å². The number of carbonyl (C=O) groups excluding carboxylic acids is 3. The van der Waals surface area contributed by atoms with E-state index in [9.17, 15) is 24.5 Å². The average molecular weight is 322 g/mol. The van der Waals surface area contributed by atoms with E-state index in [-0.39, 0.29) is 12.3 Å². The van der Waals surface area contributed by atoms with E-state index in [4.69, 9.17) is 0 Å². The lowest BCUT2D eigenvalue weighted by Gasteiger charge is -2.05. The first-order valence-electron chi connectivity index (χ1n) is 6.48. The molecule has 122 valence electrons. The summed E-state index contributed by atoms with van der Waals surface area (Å²) in [5.41, 5.74) is 0.206. The van der Waals surface area contributed by atoms with Crippen LogP contribution in [0.2, 0.25) is 0 Å². The van der Waals surface area contributed by atoms with Crippen molar-refractivity contribution in [2.24, 2.45) is 0 Å². The Kier molecular flexibility index (Phi) is 6.92. The summed E-state index contributed by atoms with van der Waals surface area (Å²) in [7, 11) is 0. The van der Waals surface area contributed by atoms with E-state index < -0.39 is 29.4 Å². The molecule has 9 heteroatoms. The minimum absolute atomic E-state index is 0.112. The van der Waals surface area contributed by atoms with Crippen molar-refractivity contribution in [3.63, 3.8) is 0 Å². The van der Waals surface area contributed by atoms with Gasteiger partial charge < -0.3 is 14.8 Å². The van der Waals surface area contributed by atoms with Gasteiger partial charge in [0, 0.05) is 30.0 Å². The normalized spacial score (nSPS) is 10.1. The first-order chi connectivity index (χ1) is 10.9. The minimum Gasteiger partial charge on any atom is -0.463 e. The number of amides is 1. The number of hydrogen-bond acceptors (Lipinski definition) is 7. The molecule has 0 saturated heterocycles. The van der Waals surface area contributed by atoms with E-state index in [2.05, 4.69) is 14.8 Å². The van der Waals surface area contributed by atoms with Crippen LogP contribution in [0.5, 0.6) is 0 Å². The zero-order chi connectivity index (χ0) is 17.2. The third-order valence-corrected chi connectivity index (χ3v) is 2.35. The fourth-order valence-electron chi connectivity index (χ4n) is 1.37. The van der Waals surface area contributed by atoms with Crippen molar-refractivity contribution in [2.45, 2.75) is 6.92 Å². The second-order valence-electron chi connectivity index (χ2n) is 4.05. The number of benzene rings is 1. The van der Waals surface area contributed by atoms with Gasteiger partial charge in [-0.25, -0.2) is 9.59 Å². The lowest BCUT2D eigenvalue weighted by molar-refractivity contribution is -0.384. The maximum Gasteiger partial charge on any atom is 0.331 e. The number of nitro benzene ring substituents is 1. The van der Waals surface area contributed by atoms with Crippen molar-refractivity contribution in [2.75, 3.05) is 18.5 Å². The highest BCUT2D eigenvalue weighted by molar-refractivity contribution is 5.95. The van der Waals surface area contributed by atoms with Crippen molar-refractivity contribution in [1.82, 2.24) is 0 Å². The molecule has 1 aromatic rings. The summed E-state index contributed by atoms with van der Waals surface area (Å²) in [4.78, 5) is 43.7. The van der Waals surface area contributed by atoms with Gasteiger partial charge in [-0.15, -0.1) is 0 Å². The molecule has 0 unspecified atom stereocenters. The molecule has 0 spiro atoms. The summed E-state index contributed by atoms with van der Waals surface area (Å²) in [5, 5.41) is 12.9. The van der Waals surface area contributed by atoms with Crippen molar-refractivity contribution in [3.05, 3.63) is 46.5 Å². The smallest absolute Gasteiger partial charge is 0.331 e. The van der Waals surface area contributed by atoms with Crippen molar-refractivity contribution in [1.29, 1.82) is 0 Å². The summed E-state index contributed by atoms with van der Waals surface area (Å²) in [6.45, 7) is 1.23. The van der Waals surface area contributed by atoms with Gasteiger partial charge in [0.05, 0.1) is 11.5 Å². The Morgan fingerprint density at radius 2 is 1.70 bits per heavy atom. The van der Waals surface area contributed by atoms with Gasteiger partial charge in [-0.2, -0.15) is 0 Å². The number of nitrogens with one attached hydrogen (secondary N) is 1. The summed E-state index contributed by atoms with van der Waals surface area (Å²) in [6.07, 6.45) is 1.73. The van der Waals surface area contributed by atoms with Crippen LogP contribution in [-0.4, -0.2) is 36.0 Å². The molecule has 1 rings (SSSR count). The molecule has 0 fully saturated rings. The van der Waals surface area contributed by atoms with E-state index in [0.717, 1.165) is 12.2 Å². The van der Waals surface area contributed by atoms with Crippen LogP contribution in [0.15, 0.2) is 36.4 Å². The molecule has 0 atom stereocenters. The number of esters is 2. The molecular formula is C14H14N2O7. The molecule has 1 aromatic carbocycles. The molecule has 0 aliphatic rings. The number of anilines is 1. The van der Waals surface area contributed by atoms with Crippen molar-refractivity contribution < 1.29 is 28.8 Å². The van der Waals surface area contributed by atoms with Gasteiger partial charge in [0.25, 0.3) is 11.6 Å². The number of non-ortho nitro benzene ring substituents is 1. The monoisotopic (exact) mass is 322 g/mol. The maximum absolute atomic E-state index is 11.5. The predicted octanol–water partition coefficient (Wildman–Crippen LogP) is 1.20. The summed E-state index contributed by atoms with van der Waals surface area (Å²) < 4.78 is 9.18. The molecule has 0 heterocycles. The lowest BCUT2D eigenvalue weighted by atomic mass is 10.3. The number of nitro groups is 1. The molecule has 0 bridgehead atoms. The molecule has 0 aromatic heterocycles. The number of nitrogens with zero attached hydrogens (tertiary/aromatic N) is 1. The maximum atomic E-state index is 11.5. The third-order valence-electron chi connectivity index (χ3n) is 2.35. The quantitative estimate of drug-likeness (QED) is 0.346. The van der Waals surface area contributed by atoms with E-state index in [1.165, 1.54) is 24.3 Å². The zero-order valence-electron chi connectivity index (χ0n) is 12.2. The second-order valence-corrected chi connectivity index (χ2v) is 4.05. The Morgan fingerprint density at radius 3 is 2.22 bits per heavy atom. The van der Waals surface area contributed by atoms with Gasteiger partial charge in [-0.05, 0) is 19.1 Å². The van der Waals surface area contributed by atoms with Crippen LogP contribution in [0.1, 0.15) is 6.92 Å². The van der Waals surface area contributed by atoms with Gasteiger partial charge >= 0.3 is 11.9 Å². The number of hydrogen-bond donors (Lipinski definition) is 1. The molecular weight excluding hydrogens is 308 g/mol. The largest absolute Gasteiger partial charge is 0.463 e. The van der Waals surface area contributed by atoms with Crippen LogP contribution in [0.3, 0.4) is 0 Å². The highest BCUT2D eigenvalue weighted by Crippen LogP contribution is 2.15. The van der Waals surface area contributed by atoms with Crippen LogP contribution < -0.4 is 5.32 Å². The zero-order valence-corrected chi connectivity index (χ0v) is 12.2. The molecule has 1 N–H and O–H groups in total. The highest BCUT2D eigenvalue weighted by Gasteiger charge is 2.08. The van der Waals surface area contributed by atoms with Gasteiger partial charge in [0.1, 0.15) is 0 Å². The SMILES string of the molecule is CCOC(=O)C=CC(=O)OCC(=O)Nc1ccc([N+](=O)[O-])cc1. The fraction of sp³-hybridized carbons (Fsp3) is 0.214. The highest BCUT2D eigenvalue weighted by atomic mass is 16.6. The first kappa shape index (κ1) is 17.8. The summed E-state index contributed by atoms with van der Waals surface area (Å²) in [6, 6.07) is 5.14. The summed E-state index contributed by atoms with van der Waals surface area (Å²) >= 11 is 0. The number of carbonyl (C=O) groups is 3. The first-order valence-corrected chi connectivity index (χ1v) is 6.48. The molecule has 0 aliphatic carbocycles. The molecule has 23 heavy (non-hydrogen) atoms. The molecule has 1 amide bonds. The standard InChI is InChI=1S/C14H14N2O7/c1-2-22-13(18)7-8-14(19)23-9-12(17)15-10-3-5-11(6-4-10)16(20)21/h3-8H,2,9H2,1H3,(H,15,17). The number of rotatable bonds is 7. The molecule has 0 aliphatic heterocycles. The van der Waals surface area contributed by atoms with Crippen LogP contribution in [0.25, 0.3) is 0 Å². The Morgan fingerprint density at radius 1 is 1.13 bits per heavy atom. The van der Waals surface area contributed by atoms with E-state index in [1.54, 1.807) is 6.92 Å². The molecule has 0 radical (unpaired) electrons. The van der Waals surface area contributed by atoms with E-state index >= 15 is 0 Å². The average Bonchev–Trinajstić information content (AvgIpc) is 2.51. The van der Waals surface area contributed by atoms with Crippen molar-refractivity contribution >= 4 is 29.2 Å². The molecule has 0 saturated carbocycles. The Balaban J connectivity index is 2.40. The lowest BCUT2D eigenvalue weighted by Crippen LogP contribution is -2.20. The second kappa shape index (κ2) is 8.93. The van der Waals surface area contributed by atoms with E-state index in [0.29, 0.717) is 5.69 Å². The Bertz CT molecular complexity index is 623. The summed E-state index contributed by atoms with van der Waals surface area (Å²) in [5.74, 6) is -2.20. The predicted molar refractivity (Wildman–Crippen MR) is 78.5 cm³/mol. The number of ether oxygens (including phenoxy) is 2. The van der Waals surface area contributed by atoms with Gasteiger partial charge in [0.15, 0.2) is 6.61 Å². The fourth-order valence-corrected chi connectivity index (χ4v) is 1.37. The van der Waals surface area contributed by atoms with Crippen LogP contribution in [0.4, 0.5) is 11.4 Å². The van der Waals surface area contributed by atoms with Crippen LogP contribution in [0, 0.1) is 10.1 Å². The Labute approximate surface area is 131 Å². The Hall–Kier alpha value is -3.23. The van der Waals surface area contributed by atoms with Gasteiger partial charge in [-0.1, -0.05) is 0 Å². The van der Waals surface area contributed by atoms with E-state index in [1.807, 2.05) is 0 Å². The van der Waals surface area contributed by atoms with Gasteiger partial charge in [-0.3, -0.25) is 14.9 Å².